The second-order valence-electron chi connectivity index (χ2n) is 5.52. The first kappa shape index (κ1) is 14.5. The number of carbonyl (C=O) groups excluding carboxylic acids is 1. The van der Waals surface area contributed by atoms with Gasteiger partial charge in [-0.15, -0.1) is 0 Å². The molecular formula is C15H20N6O. The zero-order chi connectivity index (χ0) is 15.5. The van der Waals surface area contributed by atoms with Crippen LogP contribution in [0.2, 0.25) is 0 Å². The second kappa shape index (κ2) is 6.13. The third kappa shape index (κ3) is 3.08. The molecule has 0 atom stereocenters. The van der Waals surface area contributed by atoms with E-state index in [1.54, 1.807) is 23.1 Å². The average Bonchev–Trinajstić information content (AvgIpc) is 3.15. The van der Waals surface area contributed by atoms with Crippen molar-refractivity contribution in [2.24, 2.45) is 0 Å². The van der Waals surface area contributed by atoms with E-state index in [1.165, 1.54) is 12.8 Å². The summed E-state index contributed by atoms with van der Waals surface area (Å²) >= 11 is 0. The van der Waals surface area contributed by atoms with E-state index in [4.69, 9.17) is 0 Å². The first-order valence-electron chi connectivity index (χ1n) is 7.51. The molecule has 1 amide bonds. The molecular weight excluding hydrogens is 280 g/mol. The van der Waals surface area contributed by atoms with Crippen molar-refractivity contribution in [1.82, 2.24) is 19.7 Å². The molecule has 7 nitrogen and oxygen atoms in total. The molecule has 2 aromatic heterocycles. The predicted molar refractivity (Wildman–Crippen MR) is 83.8 cm³/mol. The number of aryl methyl sites for hydroxylation is 2. The van der Waals surface area contributed by atoms with Crippen LogP contribution in [-0.2, 0) is 11.3 Å². The molecule has 0 saturated carbocycles. The highest BCUT2D eigenvalue weighted by Crippen LogP contribution is 2.22. The van der Waals surface area contributed by atoms with Gasteiger partial charge in [-0.3, -0.25) is 9.48 Å². The van der Waals surface area contributed by atoms with E-state index in [0.717, 1.165) is 30.4 Å². The Kier molecular flexibility index (Phi) is 4.04. The quantitative estimate of drug-likeness (QED) is 0.926. The number of hydrogen-bond acceptors (Lipinski definition) is 5. The van der Waals surface area contributed by atoms with Crippen molar-refractivity contribution >= 4 is 17.5 Å². The summed E-state index contributed by atoms with van der Waals surface area (Å²) in [4.78, 5) is 23.4. The van der Waals surface area contributed by atoms with Crippen molar-refractivity contribution in [2.45, 2.75) is 33.2 Å². The van der Waals surface area contributed by atoms with Crippen molar-refractivity contribution in [2.75, 3.05) is 23.3 Å². The van der Waals surface area contributed by atoms with Crippen LogP contribution in [0.5, 0.6) is 0 Å². The standard InChI is InChI=1S/C15H20N6O/c1-11-14(19-13(22)10-21-9-5-6-16-21)12(2)18-15(17-11)20-7-3-4-8-20/h5-6,9H,3-4,7-8,10H2,1-2H3,(H,19,22). The minimum Gasteiger partial charge on any atom is -0.341 e. The second-order valence-corrected chi connectivity index (χ2v) is 5.52. The molecule has 7 heteroatoms. The zero-order valence-electron chi connectivity index (χ0n) is 12.9. The number of nitrogens with one attached hydrogen (secondary N) is 1. The summed E-state index contributed by atoms with van der Waals surface area (Å²) in [5.41, 5.74) is 2.28. The van der Waals surface area contributed by atoms with Crippen LogP contribution in [0.1, 0.15) is 24.2 Å². The van der Waals surface area contributed by atoms with Crippen LogP contribution in [0.3, 0.4) is 0 Å². The van der Waals surface area contributed by atoms with E-state index < -0.39 is 0 Å². The molecule has 0 radical (unpaired) electrons. The van der Waals surface area contributed by atoms with E-state index in [9.17, 15) is 4.79 Å². The highest BCUT2D eigenvalue weighted by atomic mass is 16.2. The number of amides is 1. The lowest BCUT2D eigenvalue weighted by Gasteiger charge is -2.18. The van der Waals surface area contributed by atoms with Crippen molar-refractivity contribution in [1.29, 1.82) is 0 Å². The molecule has 0 aromatic carbocycles. The summed E-state index contributed by atoms with van der Waals surface area (Å²) in [6.45, 7) is 5.99. The van der Waals surface area contributed by atoms with Crippen LogP contribution >= 0.6 is 0 Å². The van der Waals surface area contributed by atoms with Crippen molar-refractivity contribution in [3.63, 3.8) is 0 Å². The summed E-state index contributed by atoms with van der Waals surface area (Å²) in [5.74, 6) is 0.630. The van der Waals surface area contributed by atoms with Gasteiger partial charge >= 0.3 is 0 Å². The maximum Gasteiger partial charge on any atom is 0.246 e. The Labute approximate surface area is 129 Å². The van der Waals surface area contributed by atoms with Gasteiger partial charge in [0.25, 0.3) is 0 Å². The van der Waals surface area contributed by atoms with Gasteiger partial charge in [-0.2, -0.15) is 5.10 Å². The molecule has 22 heavy (non-hydrogen) atoms. The lowest BCUT2D eigenvalue weighted by Crippen LogP contribution is -2.24. The lowest BCUT2D eigenvalue weighted by molar-refractivity contribution is -0.116. The molecule has 3 rings (SSSR count). The van der Waals surface area contributed by atoms with Gasteiger partial charge in [0.05, 0.1) is 17.1 Å². The van der Waals surface area contributed by atoms with E-state index >= 15 is 0 Å². The first-order valence-corrected chi connectivity index (χ1v) is 7.51. The van der Waals surface area contributed by atoms with Crippen LogP contribution in [0.4, 0.5) is 11.6 Å². The summed E-state index contributed by atoms with van der Waals surface area (Å²) in [5, 5.41) is 6.92. The molecule has 1 aliphatic heterocycles. The van der Waals surface area contributed by atoms with Crippen LogP contribution in [0.15, 0.2) is 18.5 Å². The third-order valence-electron chi connectivity index (χ3n) is 3.78. The van der Waals surface area contributed by atoms with Crippen molar-refractivity contribution in [3.05, 3.63) is 29.8 Å². The Morgan fingerprint density at radius 1 is 1.23 bits per heavy atom. The maximum atomic E-state index is 12.1. The number of anilines is 2. The van der Waals surface area contributed by atoms with E-state index in [2.05, 4.69) is 25.3 Å². The topological polar surface area (TPSA) is 75.9 Å². The number of rotatable bonds is 4. The number of hydrogen-bond donors (Lipinski definition) is 1. The third-order valence-corrected chi connectivity index (χ3v) is 3.78. The Morgan fingerprint density at radius 2 is 1.91 bits per heavy atom. The van der Waals surface area contributed by atoms with Gasteiger partial charge in [-0.1, -0.05) is 0 Å². The van der Waals surface area contributed by atoms with Crippen LogP contribution < -0.4 is 10.2 Å². The predicted octanol–water partition coefficient (Wildman–Crippen LogP) is 1.53. The highest BCUT2D eigenvalue weighted by molar-refractivity contribution is 5.91. The van der Waals surface area contributed by atoms with Crippen LogP contribution in [0, 0.1) is 13.8 Å². The van der Waals surface area contributed by atoms with Gasteiger partial charge in [0.1, 0.15) is 6.54 Å². The molecule has 0 aliphatic carbocycles. The Morgan fingerprint density at radius 3 is 2.50 bits per heavy atom. The average molecular weight is 300 g/mol. The van der Waals surface area contributed by atoms with Gasteiger partial charge < -0.3 is 10.2 Å². The fourth-order valence-corrected chi connectivity index (χ4v) is 2.66. The molecule has 1 fully saturated rings. The van der Waals surface area contributed by atoms with Crippen LogP contribution in [-0.4, -0.2) is 38.7 Å². The van der Waals surface area contributed by atoms with Crippen molar-refractivity contribution < 1.29 is 4.79 Å². The molecule has 1 saturated heterocycles. The summed E-state index contributed by atoms with van der Waals surface area (Å²) < 4.78 is 1.58. The normalized spacial score (nSPS) is 14.4. The van der Waals surface area contributed by atoms with Crippen molar-refractivity contribution in [3.8, 4) is 0 Å². The van der Waals surface area contributed by atoms with E-state index in [1.807, 2.05) is 13.8 Å². The first-order chi connectivity index (χ1) is 10.6. The van der Waals surface area contributed by atoms with E-state index in [-0.39, 0.29) is 12.5 Å². The SMILES string of the molecule is Cc1nc(N2CCCC2)nc(C)c1NC(=O)Cn1cccn1. The van der Waals surface area contributed by atoms with Gasteiger partial charge in [-0.25, -0.2) is 9.97 Å². The zero-order valence-corrected chi connectivity index (χ0v) is 12.9. The monoisotopic (exact) mass is 300 g/mol. The highest BCUT2D eigenvalue weighted by Gasteiger charge is 2.18. The van der Waals surface area contributed by atoms with E-state index in [0.29, 0.717) is 5.69 Å². The van der Waals surface area contributed by atoms with Gasteiger partial charge in [0.2, 0.25) is 11.9 Å². The van der Waals surface area contributed by atoms with Gasteiger partial charge in [0.15, 0.2) is 0 Å². The lowest BCUT2D eigenvalue weighted by atomic mass is 10.2. The fraction of sp³-hybridized carbons (Fsp3) is 0.467. The molecule has 2 aromatic rings. The Bertz CT molecular complexity index is 638. The Hall–Kier alpha value is -2.44. The molecule has 0 spiro atoms. The van der Waals surface area contributed by atoms with Crippen LogP contribution in [0.25, 0.3) is 0 Å². The smallest absolute Gasteiger partial charge is 0.246 e. The minimum atomic E-state index is -0.132. The molecule has 1 N–H and O–H groups in total. The molecule has 116 valence electrons. The largest absolute Gasteiger partial charge is 0.341 e. The maximum absolute atomic E-state index is 12.1. The Balaban J connectivity index is 1.74. The fourth-order valence-electron chi connectivity index (χ4n) is 2.66. The minimum absolute atomic E-state index is 0.132. The summed E-state index contributed by atoms with van der Waals surface area (Å²) in [7, 11) is 0. The molecule has 1 aliphatic rings. The molecule has 3 heterocycles. The van der Waals surface area contributed by atoms with Gasteiger partial charge in [-0.05, 0) is 32.8 Å². The molecule has 0 bridgehead atoms. The summed E-state index contributed by atoms with van der Waals surface area (Å²) in [6.07, 6.45) is 5.78. The number of aromatic nitrogens is 4. The number of nitrogens with zero attached hydrogens (tertiary/aromatic N) is 5. The summed E-state index contributed by atoms with van der Waals surface area (Å²) in [6, 6.07) is 1.79. The van der Waals surface area contributed by atoms with Gasteiger partial charge in [0, 0.05) is 25.5 Å². The molecule has 0 unspecified atom stereocenters. The number of carbonyl (C=O) groups is 1.